The zero-order chi connectivity index (χ0) is 30.4. The van der Waals surface area contributed by atoms with E-state index in [4.69, 9.17) is 20.0 Å². The number of fused-ring (bicyclic) bond motifs is 2. The second kappa shape index (κ2) is 12.1. The molecular weight excluding hydrogens is 738 g/mol. The third-order valence-corrected chi connectivity index (χ3v) is 7.50. The van der Waals surface area contributed by atoms with E-state index in [1.54, 1.807) is 6.20 Å². The second-order valence-corrected chi connectivity index (χ2v) is 10.8. The fourth-order valence-corrected chi connectivity index (χ4v) is 5.69. The summed E-state index contributed by atoms with van der Waals surface area (Å²) in [5.74, 6) is -4.49. The number of para-hydroxylation sites is 1. The van der Waals surface area contributed by atoms with Crippen molar-refractivity contribution in [2.24, 2.45) is 0 Å². The molecule has 0 fully saturated rings. The van der Waals surface area contributed by atoms with Gasteiger partial charge in [-0.25, -0.2) is 18.2 Å². The molecule has 5 aromatic rings. The number of nitrogens with one attached hydrogen (secondary N) is 2. The Hall–Kier alpha value is -3.66. The van der Waals surface area contributed by atoms with Crippen molar-refractivity contribution < 1.29 is 58.6 Å². The van der Waals surface area contributed by atoms with Crippen molar-refractivity contribution in [1.29, 1.82) is 0 Å². The van der Waals surface area contributed by atoms with Crippen LogP contribution in [0, 0.1) is 30.2 Å². The van der Waals surface area contributed by atoms with Crippen LogP contribution < -0.4 is 9.47 Å². The van der Waals surface area contributed by atoms with E-state index in [-0.39, 0.29) is 49.1 Å². The van der Waals surface area contributed by atoms with Crippen LogP contribution in [0.3, 0.4) is 0 Å². The normalized spacial score (nSPS) is 16.9. The van der Waals surface area contributed by atoms with E-state index in [9.17, 15) is 13.2 Å². The number of halogens is 4. The molecule has 12 heteroatoms. The summed E-state index contributed by atoms with van der Waals surface area (Å²) in [6, 6.07) is 10.8. The number of aromatic amines is 2. The summed E-state index contributed by atoms with van der Waals surface area (Å²) in [5, 5.41) is 11.8. The molecule has 0 spiro atoms. The smallest absolute Gasteiger partial charge is 0.206 e. The minimum absolute atomic E-state index is 0. The Morgan fingerprint density at radius 1 is 1.02 bits per heavy atom. The Morgan fingerprint density at radius 3 is 2.49 bits per heavy atom. The zero-order valence-corrected chi connectivity index (χ0v) is 26.3. The van der Waals surface area contributed by atoms with Crippen molar-refractivity contribution in [3.8, 4) is 28.6 Å². The van der Waals surface area contributed by atoms with Gasteiger partial charge < -0.3 is 26.4 Å². The van der Waals surface area contributed by atoms with Crippen molar-refractivity contribution >= 4 is 10.9 Å². The van der Waals surface area contributed by atoms with Gasteiger partial charge in [0.2, 0.25) is 11.6 Å². The Labute approximate surface area is 259 Å². The number of hydrogen-bond donors (Lipinski definition) is 4. The Balaban J connectivity index is 0.00000138. The molecule has 1 unspecified atom stereocenters. The molecule has 1 atom stereocenters. The van der Waals surface area contributed by atoms with E-state index >= 15 is 4.39 Å². The monoisotopic (exact) mass is 766 g/mol. The largest absolute Gasteiger partial charge is 0.487 e. The van der Waals surface area contributed by atoms with Gasteiger partial charge in [-0.1, -0.05) is 18.2 Å². The topological polar surface area (TPSA) is 103 Å². The molecule has 0 amide bonds. The van der Waals surface area contributed by atoms with Crippen LogP contribution in [0.15, 0.2) is 54.9 Å². The van der Waals surface area contributed by atoms with Crippen LogP contribution in [0.1, 0.15) is 44.0 Å². The maximum atomic E-state index is 15.0. The predicted molar refractivity (Wildman–Crippen MR) is 149 cm³/mol. The molecule has 43 heavy (non-hydrogen) atoms. The molecule has 6 rings (SSSR count). The maximum absolute atomic E-state index is 15.0. The van der Waals surface area contributed by atoms with Crippen LogP contribution in [0.5, 0.6) is 17.2 Å². The van der Waals surface area contributed by atoms with E-state index in [1.807, 2.05) is 32.0 Å². The first-order valence-electron chi connectivity index (χ1n) is 13.0. The molecule has 7 nitrogen and oxygen atoms in total. The molecule has 226 valence electrons. The van der Waals surface area contributed by atoms with Crippen LogP contribution in [0.2, 0.25) is 0 Å². The van der Waals surface area contributed by atoms with E-state index in [0.29, 0.717) is 12.8 Å². The number of ether oxygens (including phenoxy) is 2. The third kappa shape index (κ3) is 5.57. The average Bonchev–Trinajstić information content (AvgIpc) is 3.67. The van der Waals surface area contributed by atoms with Crippen molar-refractivity contribution in [3.63, 3.8) is 0 Å². The van der Waals surface area contributed by atoms with Gasteiger partial charge in [-0.05, 0) is 50.6 Å². The van der Waals surface area contributed by atoms with Gasteiger partial charge in [0.15, 0.2) is 11.6 Å². The number of H-pyrrole nitrogens is 2. The summed E-state index contributed by atoms with van der Waals surface area (Å²) in [4.78, 5) is 10.2. The minimum atomic E-state index is -1.49. The van der Waals surface area contributed by atoms with Gasteiger partial charge in [-0.3, -0.25) is 10.5 Å². The third-order valence-electron chi connectivity index (χ3n) is 7.50. The van der Waals surface area contributed by atoms with E-state index in [0.717, 1.165) is 28.6 Å². The number of rotatable bonds is 5. The fraction of sp³-hybridized carbons (Fsp3) is 0.226. The molecule has 0 bridgehead atoms. The second-order valence-electron chi connectivity index (χ2n) is 10.8. The summed E-state index contributed by atoms with van der Waals surface area (Å²) in [7, 11) is 0. The first kappa shape index (κ1) is 32.3. The Kier molecular flexibility index (Phi) is 9.11. The summed E-state index contributed by atoms with van der Waals surface area (Å²) in [5.41, 5.74) is 1.36. The summed E-state index contributed by atoms with van der Waals surface area (Å²) in [6.07, 6.45) is 4.12. The zero-order valence-electron chi connectivity index (χ0n) is 23.4. The van der Waals surface area contributed by atoms with Crippen LogP contribution in [0.25, 0.3) is 22.3 Å². The summed E-state index contributed by atoms with van der Waals surface area (Å²) < 4.78 is 70.9. The van der Waals surface area contributed by atoms with Crippen LogP contribution in [-0.2, 0) is 32.9 Å². The number of nitrogens with zero attached hydrogens (tertiary/aromatic N) is 1. The molecule has 3 aromatic carbocycles. The summed E-state index contributed by atoms with van der Waals surface area (Å²) in [6.45, 7) is 10.1. The van der Waals surface area contributed by atoms with Gasteiger partial charge in [0.1, 0.15) is 28.7 Å². The van der Waals surface area contributed by atoms with Gasteiger partial charge >= 0.3 is 0 Å². The van der Waals surface area contributed by atoms with Gasteiger partial charge in [-0.15, -0.1) is 0 Å². The molecule has 3 heterocycles. The predicted octanol–water partition coefficient (Wildman–Crippen LogP) is 8.17. The molecule has 2 aromatic heterocycles. The molecule has 1 aliphatic rings. The fourth-order valence-electron chi connectivity index (χ4n) is 5.69. The number of benzene rings is 3. The number of imidazole rings is 1. The standard InChI is InChI=1S/C31H26F4N3O2.H2O2.W/c1-5-16-7-6-8-20-27(16)40-30(2,3)15-31(20,4)22-14-37-29(38-22)19-13-17(9-10-21(19)32)39-28-23(33)18-11-12-36-26(18)24(34)25(28)35;1-2;/h6-14,36H,1,5,15H2,2-4H3,(H,37,38);1-2H;/q-1;;. The number of aromatic nitrogens is 3. The van der Waals surface area contributed by atoms with Gasteiger partial charge in [0.25, 0.3) is 0 Å². The van der Waals surface area contributed by atoms with Crippen molar-refractivity contribution in [1.82, 2.24) is 15.0 Å². The van der Waals surface area contributed by atoms with Gasteiger partial charge in [-0.2, -0.15) is 10.8 Å². The van der Waals surface area contributed by atoms with E-state index < -0.39 is 40.0 Å². The van der Waals surface area contributed by atoms with Crippen molar-refractivity contribution in [2.45, 2.75) is 44.6 Å². The van der Waals surface area contributed by atoms with Crippen molar-refractivity contribution in [2.75, 3.05) is 0 Å². The van der Waals surface area contributed by atoms with Crippen LogP contribution in [0.4, 0.5) is 17.6 Å². The Morgan fingerprint density at radius 2 is 1.77 bits per heavy atom. The SMILES string of the molecule is OO.[CH2-]Cc1cccc2c1OC(C)(C)CC2(C)c1cnc(-c2cc(Oc3c(F)c(F)c4[nH]ccc4c3F)ccc2F)[nH]1.[W]. The molecule has 0 saturated heterocycles. The maximum Gasteiger partial charge on any atom is 0.206 e. The molecule has 0 aliphatic carbocycles. The quantitative estimate of drug-likeness (QED) is 0.0476. The van der Waals surface area contributed by atoms with E-state index in [2.05, 4.69) is 28.8 Å². The molecule has 0 saturated carbocycles. The molecule has 4 N–H and O–H groups in total. The average molecular weight is 766 g/mol. The molecule has 0 radical (unpaired) electrons. The number of hydrogen-bond acceptors (Lipinski definition) is 5. The van der Waals surface area contributed by atoms with Crippen molar-refractivity contribution in [3.05, 3.63) is 102 Å². The first-order valence-corrected chi connectivity index (χ1v) is 13.0. The molecule has 1 aliphatic heterocycles. The van der Waals surface area contributed by atoms with E-state index in [1.165, 1.54) is 24.4 Å². The van der Waals surface area contributed by atoms with Crippen LogP contribution >= 0.6 is 0 Å². The Bertz CT molecular complexity index is 1790. The van der Waals surface area contributed by atoms with Gasteiger partial charge in [0.05, 0.1) is 11.1 Å². The van der Waals surface area contributed by atoms with Gasteiger partial charge in [0, 0.05) is 61.9 Å². The first-order chi connectivity index (χ1) is 20.0. The van der Waals surface area contributed by atoms with Crippen LogP contribution in [-0.4, -0.2) is 31.1 Å². The summed E-state index contributed by atoms with van der Waals surface area (Å²) >= 11 is 0. The minimum Gasteiger partial charge on any atom is -0.487 e. The molecular formula is C31H28F4N3O4W-.